The normalized spacial score (nSPS) is 15.8. The van der Waals surface area contributed by atoms with Gasteiger partial charge in [-0.3, -0.25) is 9.59 Å². The fraction of sp³-hybridized carbons (Fsp3) is 0.222. The molecular formula is C18H13ClN2O5. The van der Waals surface area contributed by atoms with Crippen LogP contribution >= 0.6 is 11.6 Å². The Bertz CT molecular complexity index is 891. The Morgan fingerprint density at radius 1 is 1.19 bits per heavy atom. The molecule has 1 aromatic heterocycles. The number of ether oxygens (including phenoxy) is 1. The maximum absolute atomic E-state index is 12.3. The van der Waals surface area contributed by atoms with E-state index in [1.165, 1.54) is 24.4 Å². The maximum Gasteiger partial charge on any atom is 0.365 e. The zero-order chi connectivity index (χ0) is 18.3. The molecule has 0 N–H and O–H groups in total. The second-order valence-electron chi connectivity index (χ2n) is 6.09. The summed E-state index contributed by atoms with van der Waals surface area (Å²) in [6.45, 7) is 0.533. The van der Waals surface area contributed by atoms with Crippen molar-refractivity contribution in [1.29, 1.82) is 0 Å². The summed E-state index contributed by atoms with van der Waals surface area (Å²) in [7, 11) is 0. The first-order valence-corrected chi connectivity index (χ1v) is 8.41. The van der Waals surface area contributed by atoms with Crippen molar-refractivity contribution in [3.05, 3.63) is 58.2 Å². The highest BCUT2D eigenvalue weighted by Crippen LogP contribution is 2.31. The molecular weight excluding hydrogens is 360 g/mol. The lowest BCUT2D eigenvalue weighted by atomic mass is 10.1. The molecule has 1 aromatic carbocycles. The smallest absolute Gasteiger partial charge is 0.365 e. The molecule has 2 aromatic rings. The lowest BCUT2D eigenvalue weighted by Gasteiger charge is -2.13. The lowest BCUT2D eigenvalue weighted by Crippen LogP contribution is -2.32. The van der Waals surface area contributed by atoms with Gasteiger partial charge in [-0.1, -0.05) is 28.8 Å². The summed E-state index contributed by atoms with van der Waals surface area (Å²) in [6.07, 6.45) is 3.49. The van der Waals surface area contributed by atoms with Crippen molar-refractivity contribution in [2.45, 2.75) is 12.8 Å². The predicted octanol–water partition coefficient (Wildman–Crippen LogP) is 2.89. The third-order valence-electron chi connectivity index (χ3n) is 4.13. The third-order valence-corrected chi connectivity index (χ3v) is 4.40. The number of pyridine rings is 1. The van der Waals surface area contributed by atoms with Gasteiger partial charge in [-0.05, 0) is 37.0 Å². The van der Waals surface area contributed by atoms with E-state index in [1.807, 2.05) is 0 Å². The summed E-state index contributed by atoms with van der Waals surface area (Å²) >= 11 is 6.08. The van der Waals surface area contributed by atoms with Crippen LogP contribution < -0.4 is 4.74 Å². The molecule has 0 saturated heterocycles. The maximum atomic E-state index is 12.3. The second kappa shape index (κ2) is 6.42. The molecule has 4 rings (SSSR count). The number of benzene rings is 1. The average molecular weight is 373 g/mol. The molecule has 1 saturated carbocycles. The molecule has 26 heavy (non-hydrogen) atoms. The quantitative estimate of drug-likeness (QED) is 0.750. The Labute approximate surface area is 153 Å². The Morgan fingerprint density at radius 2 is 1.85 bits per heavy atom. The van der Waals surface area contributed by atoms with E-state index in [9.17, 15) is 14.4 Å². The monoisotopic (exact) mass is 372 g/mol. The SMILES string of the molecule is O=C(ON1C(=O)c2ccccc2C1=O)c1cnc(OCC2CC2)c(Cl)c1. The molecule has 2 aliphatic rings. The molecule has 0 spiro atoms. The van der Waals surface area contributed by atoms with Crippen molar-refractivity contribution < 1.29 is 24.0 Å². The average Bonchev–Trinajstić information content (AvgIpc) is 3.44. The van der Waals surface area contributed by atoms with Crippen molar-refractivity contribution in [3.8, 4) is 5.88 Å². The number of amides is 2. The highest BCUT2D eigenvalue weighted by atomic mass is 35.5. The van der Waals surface area contributed by atoms with Crippen LogP contribution in [0.15, 0.2) is 36.5 Å². The zero-order valence-corrected chi connectivity index (χ0v) is 14.2. The van der Waals surface area contributed by atoms with Crippen LogP contribution in [0.5, 0.6) is 5.88 Å². The number of aromatic nitrogens is 1. The molecule has 1 aliphatic heterocycles. The fourth-order valence-corrected chi connectivity index (χ4v) is 2.73. The Morgan fingerprint density at radius 3 is 2.42 bits per heavy atom. The van der Waals surface area contributed by atoms with Crippen molar-refractivity contribution in [2.75, 3.05) is 6.61 Å². The first-order valence-electron chi connectivity index (χ1n) is 8.03. The van der Waals surface area contributed by atoms with E-state index in [4.69, 9.17) is 21.2 Å². The summed E-state index contributed by atoms with van der Waals surface area (Å²) in [5, 5.41) is 0.598. The van der Waals surface area contributed by atoms with Gasteiger partial charge in [0.05, 0.1) is 23.3 Å². The first-order chi connectivity index (χ1) is 12.5. The number of nitrogens with zero attached hydrogens (tertiary/aromatic N) is 2. The molecule has 1 aliphatic carbocycles. The van der Waals surface area contributed by atoms with E-state index in [2.05, 4.69) is 4.98 Å². The Balaban J connectivity index is 1.47. The van der Waals surface area contributed by atoms with Gasteiger partial charge in [0.25, 0.3) is 11.8 Å². The number of fused-ring (bicyclic) bond motifs is 1. The largest absolute Gasteiger partial charge is 0.476 e. The molecule has 7 nitrogen and oxygen atoms in total. The molecule has 0 radical (unpaired) electrons. The number of rotatable bonds is 5. The van der Waals surface area contributed by atoms with Crippen LogP contribution in [0.4, 0.5) is 0 Å². The van der Waals surface area contributed by atoms with Crippen molar-refractivity contribution in [1.82, 2.24) is 10.0 Å². The van der Waals surface area contributed by atoms with Gasteiger partial charge >= 0.3 is 5.97 Å². The number of carbonyl (C=O) groups excluding carboxylic acids is 3. The number of imide groups is 1. The van der Waals surface area contributed by atoms with Crippen LogP contribution in [-0.2, 0) is 4.84 Å². The van der Waals surface area contributed by atoms with E-state index >= 15 is 0 Å². The van der Waals surface area contributed by atoms with Crippen LogP contribution in [-0.4, -0.2) is 34.4 Å². The van der Waals surface area contributed by atoms with E-state index in [-0.39, 0.29) is 27.6 Å². The minimum absolute atomic E-state index is 0.00493. The molecule has 2 amide bonds. The number of carbonyl (C=O) groups is 3. The van der Waals surface area contributed by atoms with Crippen LogP contribution in [0.2, 0.25) is 5.02 Å². The molecule has 8 heteroatoms. The van der Waals surface area contributed by atoms with Gasteiger partial charge in [-0.15, -0.1) is 0 Å². The third kappa shape index (κ3) is 3.01. The fourth-order valence-electron chi connectivity index (χ4n) is 2.51. The van der Waals surface area contributed by atoms with Crippen molar-refractivity contribution in [2.24, 2.45) is 5.92 Å². The van der Waals surface area contributed by atoms with Crippen molar-refractivity contribution in [3.63, 3.8) is 0 Å². The highest BCUT2D eigenvalue weighted by Gasteiger charge is 2.38. The van der Waals surface area contributed by atoms with Gasteiger partial charge in [0, 0.05) is 6.20 Å². The standard InChI is InChI=1S/C18H13ClN2O5/c19-14-7-11(8-20-15(14)25-9-10-5-6-10)18(24)26-21-16(22)12-3-1-2-4-13(12)17(21)23/h1-4,7-8,10H,5-6,9H2. The Hall–Kier alpha value is -2.93. The molecule has 2 heterocycles. The molecule has 0 atom stereocenters. The second-order valence-corrected chi connectivity index (χ2v) is 6.50. The van der Waals surface area contributed by atoms with Crippen LogP contribution in [0.25, 0.3) is 0 Å². The van der Waals surface area contributed by atoms with E-state index in [0.717, 1.165) is 12.8 Å². The molecule has 0 bridgehead atoms. The minimum atomic E-state index is -0.914. The predicted molar refractivity (Wildman–Crippen MR) is 89.8 cm³/mol. The molecule has 0 unspecified atom stereocenters. The summed E-state index contributed by atoms with van der Waals surface area (Å²) < 4.78 is 5.49. The number of halogens is 1. The van der Waals surface area contributed by atoms with E-state index in [1.54, 1.807) is 12.1 Å². The Kier molecular flexibility index (Phi) is 4.08. The van der Waals surface area contributed by atoms with Gasteiger partial charge in [-0.25, -0.2) is 9.78 Å². The van der Waals surface area contributed by atoms with E-state index < -0.39 is 17.8 Å². The lowest BCUT2D eigenvalue weighted by molar-refractivity contribution is -0.0584. The number of hydroxylamine groups is 2. The minimum Gasteiger partial charge on any atom is -0.476 e. The summed E-state index contributed by atoms with van der Waals surface area (Å²) in [5.41, 5.74) is 0.376. The van der Waals surface area contributed by atoms with Crippen molar-refractivity contribution >= 4 is 29.4 Å². The molecule has 1 fully saturated rings. The van der Waals surface area contributed by atoms with Crippen LogP contribution in [0.1, 0.15) is 43.9 Å². The highest BCUT2D eigenvalue weighted by molar-refractivity contribution is 6.32. The number of hydrogen-bond donors (Lipinski definition) is 0. The first kappa shape index (κ1) is 16.5. The molecule has 132 valence electrons. The van der Waals surface area contributed by atoms with Gasteiger partial charge in [0.2, 0.25) is 5.88 Å². The summed E-state index contributed by atoms with van der Waals surface area (Å²) in [4.78, 5) is 45.7. The topological polar surface area (TPSA) is 85.8 Å². The van der Waals surface area contributed by atoms with Gasteiger partial charge in [0.1, 0.15) is 5.02 Å². The van der Waals surface area contributed by atoms with Gasteiger partial charge in [-0.2, -0.15) is 0 Å². The van der Waals surface area contributed by atoms with Gasteiger partial charge < -0.3 is 9.57 Å². The summed E-state index contributed by atoms with van der Waals surface area (Å²) in [5.74, 6) is -1.53. The number of hydrogen-bond acceptors (Lipinski definition) is 6. The summed E-state index contributed by atoms with van der Waals surface area (Å²) in [6, 6.07) is 7.57. The van der Waals surface area contributed by atoms with Crippen LogP contribution in [0.3, 0.4) is 0 Å². The van der Waals surface area contributed by atoms with Crippen LogP contribution in [0, 0.1) is 5.92 Å². The zero-order valence-electron chi connectivity index (χ0n) is 13.5. The van der Waals surface area contributed by atoms with E-state index in [0.29, 0.717) is 17.6 Å². The van der Waals surface area contributed by atoms with Gasteiger partial charge in [0.15, 0.2) is 0 Å².